The first kappa shape index (κ1) is 23.5. The minimum Gasteiger partial charge on any atom is -0.493 e. The third-order valence-corrected chi connectivity index (χ3v) is 6.59. The molecule has 1 aromatic heterocycles. The highest BCUT2D eigenvalue weighted by molar-refractivity contribution is 6.00. The Morgan fingerprint density at radius 2 is 2.00 bits per heavy atom. The quantitative estimate of drug-likeness (QED) is 0.682. The van der Waals surface area contributed by atoms with Gasteiger partial charge in [-0.25, -0.2) is 4.79 Å². The van der Waals surface area contributed by atoms with Crippen molar-refractivity contribution in [2.75, 3.05) is 33.4 Å². The first-order valence-electron chi connectivity index (χ1n) is 11.6. The average Bonchev–Trinajstić information content (AvgIpc) is 3.44. The number of nitriles is 1. The number of ketones is 1. The number of furan rings is 1. The molecule has 186 valence electrons. The van der Waals surface area contributed by atoms with Gasteiger partial charge in [0.25, 0.3) is 0 Å². The molecule has 36 heavy (non-hydrogen) atoms. The summed E-state index contributed by atoms with van der Waals surface area (Å²) in [5.74, 6) is 0.521. The minimum absolute atomic E-state index is 0.0454. The first-order valence-corrected chi connectivity index (χ1v) is 11.6. The maximum atomic E-state index is 13.4. The lowest BCUT2D eigenvalue weighted by Crippen LogP contribution is -2.42. The van der Waals surface area contributed by atoms with Crippen LogP contribution in [0.2, 0.25) is 0 Å². The van der Waals surface area contributed by atoms with Crippen molar-refractivity contribution in [3.8, 4) is 17.6 Å². The predicted molar refractivity (Wildman–Crippen MR) is 125 cm³/mol. The van der Waals surface area contributed by atoms with Crippen LogP contribution in [-0.4, -0.2) is 50.2 Å². The highest BCUT2D eigenvalue weighted by Crippen LogP contribution is 2.47. The third kappa shape index (κ3) is 4.29. The fourth-order valence-electron chi connectivity index (χ4n) is 4.82. The van der Waals surface area contributed by atoms with Crippen molar-refractivity contribution in [1.29, 1.82) is 5.26 Å². The van der Waals surface area contributed by atoms with E-state index in [1.54, 1.807) is 35.4 Å². The van der Waals surface area contributed by atoms with E-state index in [2.05, 4.69) is 6.07 Å². The van der Waals surface area contributed by atoms with Crippen LogP contribution in [-0.2, 0) is 14.3 Å². The molecule has 10 heteroatoms. The lowest BCUT2D eigenvalue weighted by molar-refractivity contribution is -0.117. The molecule has 2 atom stereocenters. The molecule has 1 aromatic carbocycles. The Bertz CT molecular complexity index is 1280. The Hall–Kier alpha value is -4.23. The summed E-state index contributed by atoms with van der Waals surface area (Å²) in [7, 11) is 1.45. The summed E-state index contributed by atoms with van der Waals surface area (Å²) in [4.78, 5) is 27.5. The maximum Gasteiger partial charge on any atom is 0.415 e. The van der Waals surface area contributed by atoms with E-state index in [-0.39, 0.29) is 41.1 Å². The summed E-state index contributed by atoms with van der Waals surface area (Å²) in [5.41, 5.74) is 7.26. The van der Waals surface area contributed by atoms with Gasteiger partial charge in [0.05, 0.1) is 32.5 Å². The van der Waals surface area contributed by atoms with Crippen LogP contribution in [0.3, 0.4) is 0 Å². The van der Waals surface area contributed by atoms with Crippen molar-refractivity contribution in [2.45, 2.75) is 24.7 Å². The van der Waals surface area contributed by atoms with Crippen LogP contribution in [0.25, 0.3) is 0 Å². The summed E-state index contributed by atoms with van der Waals surface area (Å²) < 4.78 is 27.6. The number of carbonyl (C=O) groups is 2. The molecule has 10 nitrogen and oxygen atoms in total. The Morgan fingerprint density at radius 1 is 1.19 bits per heavy atom. The fourth-order valence-corrected chi connectivity index (χ4v) is 4.82. The Balaban J connectivity index is 1.48. The smallest absolute Gasteiger partial charge is 0.415 e. The zero-order valence-electron chi connectivity index (χ0n) is 19.7. The van der Waals surface area contributed by atoms with Gasteiger partial charge in [0.15, 0.2) is 17.3 Å². The van der Waals surface area contributed by atoms with Crippen LogP contribution in [0.4, 0.5) is 4.79 Å². The largest absolute Gasteiger partial charge is 0.493 e. The van der Waals surface area contributed by atoms with E-state index in [1.165, 1.54) is 7.11 Å². The van der Waals surface area contributed by atoms with Crippen molar-refractivity contribution in [3.63, 3.8) is 0 Å². The van der Waals surface area contributed by atoms with Gasteiger partial charge in [-0.2, -0.15) is 5.26 Å². The number of rotatable bonds is 4. The van der Waals surface area contributed by atoms with Crippen molar-refractivity contribution < 1.29 is 33.0 Å². The molecule has 0 saturated carbocycles. The number of nitrogens with zero attached hydrogens (tertiary/aromatic N) is 2. The zero-order valence-corrected chi connectivity index (χ0v) is 19.7. The van der Waals surface area contributed by atoms with E-state index in [9.17, 15) is 14.9 Å². The molecule has 3 heterocycles. The Labute approximate surface area is 207 Å². The van der Waals surface area contributed by atoms with Crippen molar-refractivity contribution >= 4 is 11.9 Å². The number of methoxy groups -OCH3 is 1. The number of allylic oxidation sites excluding steroid dienone is 3. The van der Waals surface area contributed by atoms with Crippen LogP contribution in [0.1, 0.15) is 36.0 Å². The molecule has 0 bridgehead atoms. The number of ether oxygens (including phenoxy) is 4. The van der Waals surface area contributed by atoms with E-state index >= 15 is 0 Å². The summed E-state index contributed by atoms with van der Waals surface area (Å²) >= 11 is 0. The van der Waals surface area contributed by atoms with Crippen molar-refractivity contribution in [2.24, 2.45) is 5.73 Å². The first-order chi connectivity index (χ1) is 17.5. The molecule has 1 fully saturated rings. The summed E-state index contributed by atoms with van der Waals surface area (Å²) in [6, 6.07) is 10.6. The van der Waals surface area contributed by atoms with Gasteiger partial charge in [-0.15, -0.1) is 0 Å². The second kappa shape index (κ2) is 9.79. The molecule has 1 aliphatic carbocycles. The van der Waals surface area contributed by atoms with Gasteiger partial charge < -0.3 is 34.0 Å². The molecular formula is C26H25N3O7. The Morgan fingerprint density at radius 3 is 2.69 bits per heavy atom. The molecule has 0 unspecified atom stereocenters. The van der Waals surface area contributed by atoms with Gasteiger partial charge in [0.2, 0.25) is 5.88 Å². The van der Waals surface area contributed by atoms with E-state index in [0.717, 1.165) is 0 Å². The van der Waals surface area contributed by atoms with E-state index < -0.39 is 12.0 Å². The molecule has 1 saturated heterocycles. The number of nitrogens with two attached hydrogens (primary N) is 1. The standard InChI is InChI=1S/C26H25N3O7/c1-32-21-12-15(4-5-20(21)36-26(31)29-6-9-33-10-7-29)23-17(14-27)25(28)35-22-13-16(11-18(30)24(22)23)19-3-2-8-34-19/h2-5,8,12,16,23H,6-7,9-11,13,28H2,1H3/t16-,23+/m0/s1. The zero-order chi connectivity index (χ0) is 25.2. The molecule has 2 aliphatic heterocycles. The lowest BCUT2D eigenvalue weighted by Gasteiger charge is -2.33. The maximum absolute atomic E-state index is 13.4. The molecule has 3 aliphatic rings. The fraction of sp³-hybridized carbons (Fsp3) is 0.346. The molecule has 0 spiro atoms. The van der Waals surface area contributed by atoms with Gasteiger partial charge in [0, 0.05) is 37.4 Å². The number of hydrogen-bond acceptors (Lipinski definition) is 9. The van der Waals surface area contributed by atoms with Crippen molar-refractivity contribution in [1.82, 2.24) is 4.90 Å². The van der Waals surface area contributed by atoms with Crippen LogP contribution in [0.5, 0.6) is 11.5 Å². The van der Waals surface area contributed by atoms with E-state index in [1.807, 2.05) is 6.07 Å². The number of carbonyl (C=O) groups excluding carboxylic acids is 2. The molecule has 2 N–H and O–H groups in total. The van der Waals surface area contributed by atoms with Crippen LogP contribution in [0, 0.1) is 11.3 Å². The highest BCUT2D eigenvalue weighted by Gasteiger charge is 2.41. The third-order valence-electron chi connectivity index (χ3n) is 6.59. The van der Waals surface area contributed by atoms with Gasteiger partial charge in [-0.05, 0) is 29.8 Å². The lowest BCUT2D eigenvalue weighted by atomic mass is 9.74. The second-order valence-electron chi connectivity index (χ2n) is 8.68. The number of hydrogen-bond donors (Lipinski definition) is 1. The second-order valence-corrected chi connectivity index (χ2v) is 8.68. The van der Waals surface area contributed by atoms with Crippen molar-refractivity contribution in [3.05, 3.63) is 70.7 Å². The normalized spacial score (nSPS) is 22.0. The minimum atomic E-state index is -0.735. The van der Waals surface area contributed by atoms with Crippen LogP contribution in [0.15, 0.2) is 63.8 Å². The molecule has 5 rings (SSSR count). The molecule has 0 radical (unpaired) electrons. The molecule has 1 amide bonds. The van der Waals surface area contributed by atoms with Crippen LogP contribution < -0.4 is 15.2 Å². The SMILES string of the molecule is COc1cc([C@@H]2C(C#N)=C(N)OC3=C2C(=O)C[C@H](c2ccco2)C3)ccc1OC(=O)N1CCOCC1. The molecule has 2 aromatic rings. The number of Topliss-reactive ketones (excluding diaryl/α,β-unsaturated/α-hetero) is 1. The van der Waals surface area contributed by atoms with Gasteiger partial charge >= 0.3 is 6.09 Å². The highest BCUT2D eigenvalue weighted by atomic mass is 16.6. The molecular weight excluding hydrogens is 466 g/mol. The summed E-state index contributed by atoms with van der Waals surface area (Å²) in [6.07, 6.45) is 1.69. The number of morpholine rings is 1. The monoisotopic (exact) mass is 491 g/mol. The average molecular weight is 492 g/mol. The van der Waals surface area contributed by atoms with E-state index in [4.69, 9.17) is 29.1 Å². The van der Waals surface area contributed by atoms with Gasteiger partial charge in [-0.1, -0.05) is 6.07 Å². The predicted octanol–water partition coefficient (Wildman–Crippen LogP) is 3.33. The van der Waals surface area contributed by atoms with Gasteiger partial charge in [0.1, 0.15) is 23.2 Å². The number of amides is 1. The summed E-state index contributed by atoms with van der Waals surface area (Å²) in [5, 5.41) is 9.88. The summed E-state index contributed by atoms with van der Waals surface area (Å²) in [6.45, 7) is 1.78. The Kier molecular flexibility index (Phi) is 6.40. The van der Waals surface area contributed by atoms with E-state index in [0.29, 0.717) is 55.4 Å². The number of benzene rings is 1. The van der Waals surface area contributed by atoms with Crippen LogP contribution >= 0.6 is 0 Å². The topological polar surface area (TPSA) is 137 Å². The van der Waals surface area contributed by atoms with Gasteiger partial charge in [-0.3, -0.25) is 4.79 Å².